The summed E-state index contributed by atoms with van der Waals surface area (Å²) in [6.07, 6.45) is 0.423. The van der Waals surface area contributed by atoms with Gasteiger partial charge in [-0.25, -0.2) is 9.59 Å². The van der Waals surface area contributed by atoms with E-state index in [4.69, 9.17) is 4.74 Å². The van der Waals surface area contributed by atoms with Crippen LogP contribution in [0.4, 0.5) is 4.79 Å². The lowest BCUT2D eigenvalue weighted by Gasteiger charge is -2.32. The van der Waals surface area contributed by atoms with Crippen LogP contribution in [-0.4, -0.2) is 53.2 Å². The average molecular weight is 301 g/mol. The molecule has 1 aliphatic carbocycles. The molecule has 1 aliphatic heterocycles. The van der Waals surface area contributed by atoms with Gasteiger partial charge in [-0.1, -0.05) is 19.3 Å². The summed E-state index contributed by atoms with van der Waals surface area (Å²) in [5.74, 6) is -0.713. The average Bonchev–Trinajstić information content (AvgIpc) is 2.89. The van der Waals surface area contributed by atoms with Gasteiger partial charge in [-0.3, -0.25) is 0 Å². The monoisotopic (exact) mass is 301 g/mol. The van der Waals surface area contributed by atoms with E-state index in [1.807, 2.05) is 0 Å². The van der Waals surface area contributed by atoms with Crippen molar-refractivity contribution in [1.82, 2.24) is 5.32 Å². The molecule has 4 atom stereocenters. The first-order chi connectivity index (χ1) is 10.0. The van der Waals surface area contributed by atoms with Gasteiger partial charge in [0.25, 0.3) is 0 Å². The van der Waals surface area contributed by atoms with Gasteiger partial charge < -0.3 is 25.0 Å². The number of carbonyl (C=O) groups is 2. The van der Waals surface area contributed by atoms with Crippen LogP contribution in [0.1, 0.15) is 39.0 Å². The number of esters is 1. The molecule has 7 nitrogen and oxygen atoms in total. The normalized spacial score (nSPS) is 29.4. The Morgan fingerprint density at radius 1 is 1.38 bits per heavy atom. The van der Waals surface area contributed by atoms with E-state index in [1.54, 1.807) is 6.92 Å². The number of aliphatic hydroxyl groups excluding tert-OH is 2. The highest BCUT2D eigenvalue weighted by Gasteiger charge is 2.47. The van der Waals surface area contributed by atoms with Gasteiger partial charge in [0.1, 0.15) is 6.10 Å². The summed E-state index contributed by atoms with van der Waals surface area (Å²) < 4.78 is 9.75. The zero-order valence-electron chi connectivity index (χ0n) is 12.2. The van der Waals surface area contributed by atoms with E-state index in [-0.39, 0.29) is 18.6 Å². The van der Waals surface area contributed by atoms with Crippen LogP contribution in [-0.2, 0) is 14.3 Å². The van der Waals surface area contributed by atoms with Crippen LogP contribution in [0.5, 0.6) is 0 Å². The van der Waals surface area contributed by atoms with Crippen LogP contribution in [0.3, 0.4) is 0 Å². The first-order valence-corrected chi connectivity index (χ1v) is 7.54. The van der Waals surface area contributed by atoms with Crippen LogP contribution in [0, 0.1) is 5.92 Å². The second-order valence-corrected chi connectivity index (χ2v) is 5.63. The number of hydrogen-bond donors (Lipinski definition) is 3. The van der Waals surface area contributed by atoms with Crippen molar-refractivity contribution in [3.05, 3.63) is 0 Å². The predicted molar refractivity (Wildman–Crippen MR) is 72.4 cm³/mol. The molecule has 1 amide bonds. The molecule has 1 saturated heterocycles. The van der Waals surface area contributed by atoms with Gasteiger partial charge in [0.15, 0.2) is 12.2 Å². The Labute approximate surface area is 123 Å². The van der Waals surface area contributed by atoms with Crippen molar-refractivity contribution in [2.24, 2.45) is 5.92 Å². The van der Waals surface area contributed by atoms with Crippen molar-refractivity contribution in [3.8, 4) is 0 Å². The van der Waals surface area contributed by atoms with Crippen LogP contribution >= 0.6 is 0 Å². The molecule has 1 heterocycles. The lowest BCUT2D eigenvalue weighted by Crippen LogP contribution is -2.51. The van der Waals surface area contributed by atoms with Crippen LogP contribution in [0.2, 0.25) is 0 Å². The lowest BCUT2D eigenvalue weighted by atomic mass is 9.80. The number of aliphatic hydroxyl groups is 2. The minimum atomic E-state index is -1.71. The van der Waals surface area contributed by atoms with E-state index in [0.717, 1.165) is 32.1 Å². The summed E-state index contributed by atoms with van der Waals surface area (Å²) in [4.78, 5) is 23.0. The Kier molecular flexibility index (Phi) is 5.41. The third-order valence-electron chi connectivity index (χ3n) is 4.23. The van der Waals surface area contributed by atoms with Crippen molar-refractivity contribution >= 4 is 12.1 Å². The molecule has 0 unspecified atom stereocenters. The molecule has 2 aliphatic rings. The first-order valence-electron chi connectivity index (χ1n) is 7.54. The molecular weight excluding hydrogens is 278 g/mol. The maximum absolute atomic E-state index is 11.5. The van der Waals surface area contributed by atoms with Gasteiger partial charge in [-0.05, 0) is 25.7 Å². The van der Waals surface area contributed by atoms with Crippen LogP contribution < -0.4 is 5.32 Å². The van der Waals surface area contributed by atoms with Crippen molar-refractivity contribution in [2.75, 3.05) is 6.61 Å². The minimum absolute atomic E-state index is 0.109. The van der Waals surface area contributed by atoms with E-state index in [0.29, 0.717) is 0 Å². The highest BCUT2D eigenvalue weighted by Crippen LogP contribution is 2.32. The molecule has 2 rings (SSSR count). The minimum Gasteiger partial charge on any atom is -0.464 e. The molecule has 0 bridgehead atoms. The van der Waals surface area contributed by atoms with Gasteiger partial charge in [0.2, 0.25) is 0 Å². The Balaban J connectivity index is 2.04. The summed E-state index contributed by atoms with van der Waals surface area (Å²) in [5, 5.41) is 22.7. The topological polar surface area (TPSA) is 105 Å². The van der Waals surface area contributed by atoms with Crippen molar-refractivity contribution in [3.63, 3.8) is 0 Å². The number of carbonyl (C=O) groups excluding carboxylic acids is 2. The molecule has 0 aromatic heterocycles. The third-order valence-corrected chi connectivity index (χ3v) is 4.23. The number of ether oxygens (including phenoxy) is 2. The Hall–Kier alpha value is -1.34. The maximum Gasteiger partial charge on any atom is 0.407 e. The number of cyclic esters (lactones) is 1. The highest BCUT2D eigenvalue weighted by atomic mass is 16.6. The van der Waals surface area contributed by atoms with Gasteiger partial charge in [0.05, 0.1) is 12.6 Å². The lowest BCUT2D eigenvalue weighted by molar-refractivity contribution is -0.164. The van der Waals surface area contributed by atoms with E-state index in [2.05, 4.69) is 10.1 Å². The summed E-state index contributed by atoms with van der Waals surface area (Å²) in [5.41, 5.74) is 0. The zero-order valence-corrected chi connectivity index (χ0v) is 12.2. The number of nitrogens with one attached hydrogen (secondary N) is 1. The standard InChI is InChI=1S/C14H23NO6/c1-2-20-13(18)11(17)10(16)12-9(15-14(19)21-12)8-6-4-3-5-7-8/h8-12,16-17H,2-7H2,1H3,(H,15,19)/t9-,10-,11-,12+/m1/s1. The summed E-state index contributed by atoms with van der Waals surface area (Å²) in [6, 6.07) is -0.378. The largest absolute Gasteiger partial charge is 0.464 e. The molecule has 7 heteroatoms. The second-order valence-electron chi connectivity index (χ2n) is 5.63. The Bertz CT molecular complexity index is 382. The Morgan fingerprint density at radius 3 is 2.67 bits per heavy atom. The smallest absolute Gasteiger partial charge is 0.407 e. The molecule has 0 aromatic carbocycles. The maximum atomic E-state index is 11.5. The molecular formula is C14H23NO6. The molecule has 120 valence electrons. The van der Waals surface area contributed by atoms with Crippen molar-refractivity contribution < 1.29 is 29.3 Å². The van der Waals surface area contributed by atoms with Gasteiger partial charge in [0, 0.05) is 0 Å². The predicted octanol–water partition coefficient (Wildman–Crippen LogP) is 0.329. The fourth-order valence-electron chi connectivity index (χ4n) is 3.16. The number of alkyl carbamates (subject to hydrolysis) is 1. The molecule has 0 radical (unpaired) electrons. The van der Waals surface area contributed by atoms with E-state index in [9.17, 15) is 19.8 Å². The molecule has 2 fully saturated rings. The molecule has 0 spiro atoms. The third kappa shape index (κ3) is 3.65. The van der Waals surface area contributed by atoms with Gasteiger partial charge >= 0.3 is 12.1 Å². The second kappa shape index (κ2) is 7.09. The molecule has 21 heavy (non-hydrogen) atoms. The first kappa shape index (κ1) is 16.0. The summed E-state index contributed by atoms with van der Waals surface area (Å²) in [6.45, 7) is 1.72. The van der Waals surface area contributed by atoms with Crippen LogP contribution in [0.25, 0.3) is 0 Å². The summed E-state index contributed by atoms with van der Waals surface area (Å²) in [7, 11) is 0. The zero-order chi connectivity index (χ0) is 15.4. The Morgan fingerprint density at radius 2 is 2.05 bits per heavy atom. The summed E-state index contributed by atoms with van der Waals surface area (Å²) >= 11 is 0. The van der Waals surface area contributed by atoms with Crippen LogP contribution in [0.15, 0.2) is 0 Å². The number of rotatable bonds is 5. The van der Waals surface area contributed by atoms with E-state index >= 15 is 0 Å². The van der Waals surface area contributed by atoms with E-state index in [1.165, 1.54) is 0 Å². The fourth-order valence-corrected chi connectivity index (χ4v) is 3.16. The number of hydrogen-bond acceptors (Lipinski definition) is 6. The fraction of sp³-hybridized carbons (Fsp3) is 0.857. The highest BCUT2D eigenvalue weighted by molar-refractivity contribution is 5.76. The SMILES string of the molecule is CCOC(=O)[C@H](O)[C@@H](O)[C@H]1OC(=O)N[C@@H]1C1CCCCC1. The van der Waals surface area contributed by atoms with Crippen molar-refractivity contribution in [1.29, 1.82) is 0 Å². The molecule has 0 aromatic rings. The van der Waals surface area contributed by atoms with Gasteiger partial charge in [-0.15, -0.1) is 0 Å². The van der Waals surface area contributed by atoms with E-state index < -0.39 is 30.4 Å². The number of amides is 1. The van der Waals surface area contributed by atoms with Gasteiger partial charge in [-0.2, -0.15) is 0 Å². The van der Waals surface area contributed by atoms with Crippen molar-refractivity contribution in [2.45, 2.75) is 63.4 Å². The molecule has 3 N–H and O–H groups in total. The quantitative estimate of drug-likeness (QED) is 0.632. The molecule has 1 saturated carbocycles.